The predicted molar refractivity (Wildman–Crippen MR) is 71.0 cm³/mol. The maximum atomic E-state index is 11.4. The minimum Gasteiger partial charge on any atom is -0.506 e. The standard InChI is InChI=1S/C14H10O2S/c1-8(15)14-13(16)12-10-5-3-2-4-9(10)6-7-11(12)17-14/h2-7,16H,1H3. The van der Waals surface area contributed by atoms with Crippen LogP contribution in [-0.4, -0.2) is 10.9 Å². The fourth-order valence-corrected chi connectivity index (χ4v) is 3.10. The molecule has 0 radical (unpaired) electrons. The van der Waals surface area contributed by atoms with E-state index in [0.29, 0.717) is 4.88 Å². The van der Waals surface area contributed by atoms with Crippen LogP contribution in [0.2, 0.25) is 0 Å². The van der Waals surface area contributed by atoms with Gasteiger partial charge in [0.05, 0.1) is 0 Å². The van der Waals surface area contributed by atoms with Gasteiger partial charge >= 0.3 is 0 Å². The third-order valence-electron chi connectivity index (χ3n) is 2.87. The van der Waals surface area contributed by atoms with Crippen molar-refractivity contribution in [1.82, 2.24) is 0 Å². The summed E-state index contributed by atoms with van der Waals surface area (Å²) in [6.07, 6.45) is 0. The van der Waals surface area contributed by atoms with Crippen molar-refractivity contribution in [2.24, 2.45) is 0 Å². The number of carbonyl (C=O) groups is 1. The largest absolute Gasteiger partial charge is 0.506 e. The van der Waals surface area contributed by atoms with Crippen molar-refractivity contribution in [2.75, 3.05) is 0 Å². The third-order valence-corrected chi connectivity index (χ3v) is 4.12. The monoisotopic (exact) mass is 242 g/mol. The molecule has 0 atom stereocenters. The zero-order valence-corrected chi connectivity index (χ0v) is 10.0. The zero-order valence-electron chi connectivity index (χ0n) is 9.23. The molecule has 0 amide bonds. The third kappa shape index (κ3) is 1.43. The Morgan fingerprint density at radius 1 is 1.18 bits per heavy atom. The molecule has 3 aromatic rings. The molecule has 2 aromatic carbocycles. The lowest BCUT2D eigenvalue weighted by molar-refractivity contribution is 0.101. The SMILES string of the molecule is CC(=O)c1sc2ccc3ccccc3c2c1O. The van der Waals surface area contributed by atoms with Crippen molar-refractivity contribution in [2.45, 2.75) is 6.92 Å². The fraction of sp³-hybridized carbons (Fsp3) is 0.0714. The predicted octanol–water partition coefficient (Wildman–Crippen LogP) is 3.96. The number of ketones is 1. The van der Waals surface area contributed by atoms with Gasteiger partial charge in [0.1, 0.15) is 10.6 Å². The highest BCUT2D eigenvalue weighted by Gasteiger charge is 2.16. The van der Waals surface area contributed by atoms with Crippen LogP contribution in [0.1, 0.15) is 16.6 Å². The Morgan fingerprint density at radius 2 is 1.94 bits per heavy atom. The van der Waals surface area contributed by atoms with Crippen LogP contribution >= 0.6 is 11.3 Å². The Hall–Kier alpha value is -1.87. The first-order valence-corrected chi connectivity index (χ1v) is 6.14. The Morgan fingerprint density at radius 3 is 2.71 bits per heavy atom. The summed E-state index contributed by atoms with van der Waals surface area (Å²) in [5, 5.41) is 13.0. The molecule has 0 saturated heterocycles. The highest BCUT2D eigenvalue weighted by molar-refractivity contribution is 7.21. The van der Waals surface area contributed by atoms with Crippen LogP contribution in [0.4, 0.5) is 0 Å². The lowest BCUT2D eigenvalue weighted by atomic mass is 10.1. The summed E-state index contributed by atoms with van der Waals surface area (Å²) in [5.74, 6) is 0.0297. The number of fused-ring (bicyclic) bond motifs is 3. The average Bonchev–Trinajstić information content (AvgIpc) is 2.67. The quantitative estimate of drug-likeness (QED) is 0.656. The van der Waals surface area contributed by atoms with E-state index >= 15 is 0 Å². The molecule has 3 rings (SSSR count). The van der Waals surface area contributed by atoms with Crippen LogP contribution in [0.25, 0.3) is 20.9 Å². The molecule has 1 heterocycles. The summed E-state index contributed by atoms with van der Waals surface area (Å²) >= 11 is 1.35. The number of benzene rings is 2. The van der Waals surface area contributed by atoms with Crippen LogP contribution in [0.5, 0.6) is 5.75 Å². The van der Waals surface area contributed by atoms with Crippen LogP contribution in [0.15, 0.2) is 36.4 Å². The Labute approximate surface area is 102 Å². The number of aromatic hydroxyl groups is 1. The summed E-state index contributed by atoms with van der Waals surface area (Å²) in [6, 6.07) is 11.8. The Bertz CT molecular complexity index is 740. The van der Waals surface area contributed by atoms with Gasteiger partial charge in [-0.2, -0.15) is 0 Å². The average molecular weight is 242 g/mol. The molecule has 0 aliphatic rings. The van der Waals surface area contributed by atoms with Crippen LogP contribution < -0.4 is 0 Å². The summed E-state index contributed by atoms with van der Waals surface area (Å²) < 4.78 is 0.950. The molecule has 0 aliphatic carbocycles. The second-order valence-electron chi connectivity index (χ2n) is 4.00. The van der Waals surface area contributed by atoms with E-state index in [4.69, 9.17) is 0 Å². The summed E-state index contributed by atoms with van der Waals surface area (Å²) in [5.41, 5.74) is 0. The lowest BCUT2D eigenvalue weighted by Crippen LogP contribution is -1.85. The first-order valence-electron chi connectivity index (χ1n) is 5.32. The van der Waals surface area contributed by atoms with Crippen molar-refractivity contribution in [1.29, 1.82) is 0 Å². The first-order chi connectivity index (χ1) is 8.18. The molecular weight excluding hydrogens is 232 g/mol. The van der Waals surface area contributed by atoms with Crippen LogP contribution in [0.3, 0.4) is 0 Å². The number of hydrogen-bond acceptors (Lipinski definition) is 3. The molecule has 0 spiro atoms. The highest BCUT2D eigenvalue weighted by atomic mass is 32.1. The van der Waals surface area contributed by atoms with E-state index in [1.165, 1.54) is 18.3 Å². The highest BCUT2D eigenvalue weighted by Crippen LogP contribution is 2.41. The van der Waals surface area contributed by atoms with Crippen molar-refractivity contribution < 1.29 is 9.90 Å². The van der Waals surface area contributed by atoms with Crippen LogP contribution in [0, 0.1) is 0 Å². The lowest BCUT2D eigenvalue weighted by Gasteiger charge is -1.99. The molecule has 84 valence electrons. The summed E-state index contributed by atoms with van der Waals surface area (Å²) in [7, 11) is 0. The number of Topliss-reactive ketones (excluding diaryl/α,β-unsaturated/α-hetero) is 1. The second-order valence-corrected chi connectivity index (χ2v) is 5.05. The Balaban J connectivity index is 2.53. The minimum atomic E-state index is -0.0900. The number of carbonyl (C=O) groups excluding carboxylic acids is 1. The van der Waals surface area contributed by atoms with E-state index in [0.717, 1.165) is 20.9 Å². The molecule has 0 fully saturated rings. The number of thiophene rings is 1. The number of hydrogen-bond donors (Lipinski definition) is 1. The minimum absolute atomic E-state index is 0.0900. The van der Waals surface area contributed by atoms with Gasteiger partial charge in [0, 0.05) is 17.0 Å². The van der Waals surface area contributed by atoms with Crippen LogP contribution in [-0.2, 0) is 0 Å². The van der Waals surface area contributed by atoms with E-state index in [-0.39, 0.29) is 11.5 Å². The van der Waals surface area contributed by atoms with Gasteiger partial charge in [-0.15, -0.1) is 11.3 Å². The molecule has 3 heteroatoms. The zero-order chi connectivity index (χ0) is 12.0. The maximum Gasteiger partial charge on any atom is 0.173 e. The molecule has 0 unspecified atom stereocenters. The fourth-order valence-electron chi connectivity index (χ4n) is 2.09. The molecule has 2 nitrogen and oxygen atoms in total. The van der Waals surface area contributed by atoms with E-state index in [1.807, 2.05) is 36.4 Å². The smallest absolute Gasteiger partial charge is 0.173 e. The molecule has 0 bridgehead atoms. The Kier molecular flexibility index (Phi) is 2.16. The van der Waals surface area contributed by atoms with E-state index in [2.05, 4.69) is 0 Å². The van der Waals surface area contributed by atoms with E-state index in [1.54, 1.807) is 0 Å². The van der Waals surface area contributed by atoms with Gasteiger partial charge in [0.15, 0.2) is 5.78 Å². The van der Waals surface area contributed by atoms with Gasteiger partial charge in [-0.25, -0.2) is 0 Å². The van der Waals surface area contributed by atoms with Crippen molar-refractivity contribution in [3.63, 3.8) is 0 Å². The van der Waals surface area contributed by atoms with Crippen molar-refractivity contribution >= 4 is 38.0 Å². The van der Waals surface area contributed by atoms with Gasteiger partial charge in [-0.05, 0) is 16.8 Å². The molecule has 1 N–H and O–H groups in total. The van der Waals surface area contributed by atoms with Gasteiger partial charge in [-0.3, -0.25) is 4.79 Å². The van der Waals surface area contributed by atoms with Gasteiger partial charge in [0.2, 0.25) is 0 Å². The van der Waals surface area contributed by atoms with Gasteiger partial charge in [-0.1, -0.05) is 30.3 Å². The normalized spacial score (nSPS) is 11.1. The molecule has 17 heavy (non-hydrogen) atoms. The summed E-state index contributed by atoms with van der Waals surface area (Å²) in [4.78, 5) is 11.9. The van der Waals surface area contributed by atoms with E-state index in [9.17, 15) is 9.90 Å². The topological polar surface area (TPSA) is 37.3 Å². The van der Waals surface area contributed by atoms with E-state index < -0.39 is 0 Å². The molecular formula is C14H10O2S. The van der Waals surface area contributed by atoms with Gasteiger partial charge < -0.3 is 5.11 Å². The maximum absolute atomic E-state index is 11.4. The second kappa shape index (κ2) is 3.57. The summed E-state index contributed by atoms with van der Waals surface area (Å²) in [6.45, 7) is 1.48. The molecule has 0 saturated carbocycles. The van der Waals surface area contributed by atoms with Crippen molar-refractivity contribution in [3.05, 3.63) is 41.3 Å². The van der Waals surface area contributed by atoms with Crippen molar-refractivity contribution in [3.8, 4) is 5.75 Å². The first kappa shape index (κ1) is 10.3. The number of rotatable bonds is 1. The molecule has 0 aliphatic heterocycles. The molecule has 1 aromatic heterocycles. The van der Waals surface area contributed by atoms with Gasteiger partial charge in [0.25, 0.3) is 0 Å².